The molecule has 0 saturated carbocycles. The molecule has 1 atom stereocenters. The number of pyridine rings is 1. The molecular formula is C60H55N9O5. The summed E-state index contributed by atoms with van der Waals surface area (Å²) in [6, 6.07) is 36.1. The number of hydrogen-bond donors (Lipinski definition) is 1. The molecule has 1 fully saturated rings. The number of rotatable bonds is 8. The minimum Gasteiger partial charge on any atom is -0.375 e. The van der Waals surface area contributed by atoms with Crippen LogP contribution in [0.5, 0.6) is 0 Å². The number of carbonyl (C=O) groups is 4. The van der Waals surface area contributed by atoms with E-state index >= 15 is 9.59 Å². The third-order valence-corrected chi connectivity index (χ3v) is 15.6. The zero-order valence-corrected chi connectivity index (χ0v) is 41.6. The fourth-order valence-electron chi connectivity index (χ4n) is 12.3. The van der Waals surface area contributed by atoms with Gasteiger partial charge < -0.3 is 27.9 Å². The summed E-state index contributed by atoms with van der Waals surface area (Å²) in [5, 5.41) is 6.26. The highest BCUT2D eigenvalue weighted by Crippen LogP contribution is 2.45. The number of nitrogens with one attached hydrogen (secondary N) is 1. The predicted molar refractivity (Wildman–Crippen MR) is 289 cm³/mol. The maximum absolute atomic E-state index is 15.3. The van der Waals surface area contributed by atoms with Crippen LogP contribution in [0.2, 0.25) is 0 Å². The number of aromatic nitrogens is 5. The van der Waals surface area contributed by atoms with Crippen LogP contribution in [0, 0.1) is 0 Å². The van der Waals surface area contributed by atoms with E-state index in [1.54, 1.807) is 12.3 Å². The van der Waals surface area contributed by atoms with Gasteiger partial charge in [-0.05, 0) is 69.8 Å². The normalized spacial score (nSPS) is 18.3. The van der Waals surface area contributed by atoms with Gasteiger partial charge in [-0.25, -0.2) is 4.90 Å². The summed E-state index contributed by atoms with van der Waals surface area (Å²) < 4.78 is 15.2. The second kappa shape index (κ2) is 18.1. The summed E-state index contributed by atoms with van der Waals surface area (Å²) in [5.74, 6) is -1.51. The number of nitrogens with zero attached hydrogens (tertiary/aromatic N) is 8. The van der Waals surface area contributed by atoms with Gasteiger partial charge in [-0.2, -0.15) is 0 Å². The number of likely N-dealkylation sites (N-methyl/N-ethyl adjacent to an activating group) is 1. The first-order valence-corrected chi connectivity index (χ1v) is 25.6. The molecule has 4 amide bonds. The van der Waals surface area contributed by atoms with Gasteiger partial charge >= 0.3 is 0 Å². The van der Waals surface area contributed by atoms with E-state index < -0.39 is 11.8 Å². The van der Waals surface area contributed by atoms with E-state index in [2.05, 4.69) is 73.5 Å². The largest absolute Gasteiger partial charge is 0.375 e. The lowest BCUT2D eigenvalue weighted by Gasteiger charge is -2.33. The highest BCUT2D eigenvalue weighted by molar-refractivity contribution is 6.58. The Bertz CT molecular complexity index is 3870. The summed E-state index contributed by atoms with van der Waals surface area (Å²) in [6.45, 7) is 4.62. The number of ether oxygens (including phenoxy) is 1. The van der Waals surface area contributed by atoms with Gasteiger partial charge in [0, 0.05) is 149 Å². The van der Waals surface area contributed by atoms with Crippen LogP contribution in [0.25, 0.3) is 65.9 Å². The SMILES string of the molecule is CN(C)C[C@@H]1CCn2cc(c3ccccc32)C2=C(C(=O)N(c3ccnc(CN4CCC(n5cc(C6=C(c7cn(C)c8ccccc78)C(=O)NC6=O)c6ccccc65)CC4)c3)C2=O)c2cn(c3ccccc23)CCO1. The van der Waals surface area contributed by atoms with Crippen molar-refractivity contribution in [3.05, 3.63) is 168 Å². The van der Waals surface area contributed by atoms with Gasteiger partial charge in [0.25, 0.3) is 23.6 Å². The fraction of sp³-hybridized carbons (Fsp3) is 0.250. The van der Waals surface area contributed by atoms with Crippen LogP contribution in [-0.4, -0.2) is 103 Å². The first-order chi connectivity index (χ1) is 36.1. The number of benzene rings is 4. The molecule has 0 aliphatic carbocycles. The van der Waals surface area contributed by atoms with Crippen LogP contribution in [0.3, 0.4) is 0 Å². The van der Waals surface area contributed by atoms with Gasteiger partial charge in [-0.3, -0.25) is 34.4 Å². The van der Waals surface area contributed by atoms with Crippen LogP contribution in [-0.2, 0) is 50.6 Å². The minimum absolute atomic E-state index is 0.00509. The van der Waals surface area contributed by atoms with Crippen molar-refractivity contribution in [2.75, 3.05) is 45.2 Å². The Kier molecular flexibility index (Phi) is 11.2. The Morgan fingerprint density at radius 2 is 1.12 bits per heavy atom. The van der Waals surface area contributed by atoms with Gasteiger partial charge in [-0.1, -0.05) is 72.8 Å². The van der Waals surface area contributed by atoms with E-state index in [9.17, 15) is 9.59 Å². The van der Waals surface area contributed by atoms with Crippen molar-refractivity contribution in [1.82, 2.24) is 38.4 Å². The molecule has 1 saturated heterocycles. The third-order valence-electron chi connectivity index (χ3n) is 15.6. The second-order valence-electron chi connectivity index (χ2n) is 20.4. The number of carbonyl (C=O) groups excluding carboxylic acids is 4. The van der Waals surface area contributed by atoms with E-state index in [0.717, 1.165) is 110 Å². The molecule has 1 N–H and O–H groups in total. The van der Waals surface area contributed by atoms with Crippen LogP contribution < -0.4 is 10.2 Å². The molecule has 9 heterocycles. The number of amides is 4. The zero-order chi connectivity index (χ0) is 50.4. The van der Waals surface area contributed by atoms with Crippen molar-refractivity contribution in [2.24, 2.45) is 7.05 Å². The van der Waals surface area contributed by atoms with Gasteiger partial charge in [0.15, 0.2) is 0 Å². The molecule has 14 heteroatoms. The highest BCUT2D eigenvalue weighted by Gasteiger charge is 2.43. The maximum Gasteiger partial charge on any atom is 0.266 e. The van der Waals surface area contributed by atoms with Crippen molar-refractivity contribution in [2.45, 2.75) is 51.0 Å². The Hall–Kier alpha value is -8.17. The predicted octanol–water partition coefficient (Wildman–Crippen LogP) is 8.68. The monoisotopic (exact) mass is 981 g/mol. The van der Waals surface area contributed by atoms with E-state index in [0.29, 0.717) is 54.2 Å². The molecule has 4 bridgehead atoms. The molecule has 0 unspecified atom stereocenters. The topological polar surface area (TPSA) is 132 Å². The Balaban J connectivity index is 0.799. The number of fused-ring (bicyclic) bond motifs is 14. The molecule has 9 aromatic rings. The van der Waals surface area contributed by atoms with Crippen molar-refractivity contribution in [1.29, 1.82) is 0 Å². The lowest BCUT2D eigenvalue weighted by atomic mass is 9.95. The quantitative estimate of drug-likeness (QED) is 0.150. The summed E-state index contributed by atoms with van der Waals surface area (Å²) in [4.78, 5) is 68.7. The molecule has 0 spiro atoms. The highest BCUT2D eigenvalue weighted by atomic mass is 16.5. The summed E-state index contributed by atoms with van der Waals surface area (Å²) >= 11 is 0. The van der Waals surface area contributed by atoms with Gasteiger partial charge in [0.1, 0.15) is 0 Å². The van der Waals surface area contributed by atoms with Gasteiger partial charge in [-0.15, -0.1) is 0 Å². The molecule has 4 aromatic carbocycles. The number of hydrogen-bond acceptors (Lipinski definition) is 8. The molecule has 4 aliphatic heterocycles. The number of aryl methyl sites for hydroxylation is 2. The summed E-state index contributed by atoms with van der Waals surface area (Å²) in [7, 11) is 6.08. The fourth-order valence-corrected chi connectivity index (χ4v) is 12.3. The van der Waals surface area contributed by atoms with E-state index in [4.69, 9.17) is 9.72 Å². The molecule has 4 aliphatic rings. The summed E-state index contributed by atoms with van der Waals surface area (Å²) in [6.07, 6.45) is 12.2. The Labute approximate surface area is 427 Å². The Morgan fingerprint density at radius 3 is 1.74 bits per heavy atom. The number of piperidine rings is 1. The standard InChI is InChI=1S/C60H55N9O5/c1-63(2)32-40-23-27-66-34-46(42-13-5-9-17-50(42)66)55-56(47-35-67(28-29-74-40)51-18-10-6-14-43(47)51)60(73)69(59(55)72)39-20-24-61-37(30-39)31-65-25-21-38(22-26-65)68-36-48(44-15-7-11-19-52(44)68)54-53(57(70)62-58(54)71)45-33-64(3)49-16-8-4-12-41(45)49/h4-20,24,30,33-36,38,40H,21-23,25-29,31-32H2,1-3H3,(H,62,70,71)/t40-/m0/s1. The lowest BCUT2D eigenvalue weighted by Crippen LogP contribution is -2.34. The van der Waals surface area contributed by atoms with Crippen LogP contribution in [0.4, 0.5) is 5.69 Å². The number of likely N-dealkylation sites (tertiary alicyclic amines) is 1. The molecule has 0 radical (unpaired) electrons. The average Bonchev–Trinajstić information content (AvgIpc) is 4.26. The number of para-hydroxylation sites is 4. The maximum atomic E-state index is 15.3. The van der Waals surface area contributed by atoms with Crippen molar-refractivity contribution in [3.8, 4) is 0 Å². The molecule has 14 nitrogen and oxygen atoms in total. The minimum atomic E-state index is -0.392. The molecule has 5 aromatic heterocycles. The van der Waals surface area contributed by atoms with E-state index in [1.165, 1.54) is 4.90 Å². The molecule has 74 heavy (non-hydrogen) atoms. The molecule has 370 valence electrons. The molecule has 13 rings (SSSR count). The third kappa shape index (κ3) is 7.54. The Morgan fingerprint density at radius 1 is 0.595 bits per heavy atom. The van der Waals surface area contributed by atoms with E-state index in [1.807, 2.05) is 109 Å². The number of imide groups is 2. The first kappa shape index (κ1) is 45.7. The van der Waals surface area contributed by atoms with Crippen LogP contribution >= 0.6 is 0 Å². The lowest BCUT2D eigenvalue weighted by molar-refractivity contribution is -0.123. The summed E-state index contributed by atoms with van der Waals surface area (Å²) in [5.41, 5.74) is 9.70. The van der Waals surface area contributed by atoms with Crippen molar-refractivity contribution in [3.63, 3.8) is 0 Å². The van der Waals surface area contributed by atoms with Crippen LogP contribution in [0.1, 0.15) is 53.3 Å². The van der Waals surface area contributed by atoms with Gasteiger partial charge in [0.2, 0.25) is 0 Å². The average molecular weight is 982 g/mol. The van der Waals surface area contributed by atoms with Gasteiger partial charge in [0.05, 0.1) is 46.4 Å². The molecular weight excluding hydrogens is 927 g/mol. The van der Waals surface area contributed by atoms with Crippen molar-refractivity contribution >= 4 is 95.2 Å². The van der Waals surface area contributed by atoms with Crippen LogP contribution in [0.15, 0.2) is 140 Å². The first-order valence-electron chi connectivity index (χ1n) is 25.6. The zero-order valence-electron chi connectivity index (χ0n) is 41.6. The van der Waals surface area contributed by atoms with E-state index in [-0.39, 0.29) is 24.0 Å². The number of anilines is 1. The smallest absolute Gasteiger partial charge is 0.266 e. The van der Waals surface area contributed by atoms with Crippen molar-refractivity contribution < 1.29 is 23.9 Å². The second-order valence-corrected chi connectivity index (χ2v) is 20.4.